The molecule has 0 aliphatic rings. The number of hydrogen-bond donors (Lipinski definition) is 2. The van der Waals surface area contributed by atoms with E-state index in [1.807, 2.05) is 13.0 Å². The molecule has 2 N–H and O–H groups in total. The van der Waals surface area contributed by atoms with Crippen LogP contribution in [0.15, 0.2) is 18.2 Å². The third-order valence-electron chi connectivity index (χ3n) is 5.40. The van der Waals surface area contributed by atoms with E-state index in [0.29, 0.717) is 0 Å². The summed E-state index contributed by atoms with van der Waals surface area (Å²) in [6.45, 7) is 11.4. The number of nitrogens with one attached hydrogen (secondary N) is 2. The Labute approximate surface area is 173 Å². The number of aryl methyl sites for hydroxylation is 1. The molecule has 0 bridgehead atoms. The van der Waals surface area contributed by atoms with Crippen molar-refractivity contribution in [3.8, 4) is 0 Å². The van der Waals surface area contributed by atoms with Gasteiger partial charge in [0.05, 0.1) is 0 Å². The van der Waals surface area contributed by atoms with Gasteiger partial charge >= 0.3 is 6.03 Å². The zero-order valence-electron chi connectivity index (χ0n) is 18.8. The van der Waals surface area contributed by atoms with E-state index in [-0.39, 0.29) is 6.03 Å². The molecule has 0 aliphatic carbocycles. The third kappa shape index (κ3) is 10.0. The standard InChI is InChI=1S/C24H43N3O/c1-5-8-9-10-11-12-13-14-15-16-19-25-24(28)26-23-18-17-22(20-21(23)4)27(6-2)7-3/h17-18,20H,5-16,19H2,1-4H3,(H2,25,26,28). The Morgan fingerprint density at radius 1 is 0.857 bits per heavy atom. The molecule has 0 saturated heterocycles. The SMILES string of the molecule is CCCCCCCCCCCCNC(=O)Nc1ccc(N(CC)CC)cc1C. The zero-order valence-corrected chi connectivity index (χ0v) is 18.8. The van der Waals surface area contributed by atoms with E-state index in [2.05, 4.69) is 48.4 Å². The van der Waals surface area contributed by atoms with Crippen molar-refractivity contribution >= 4 is 17.4 Å². The molecule has 0 fully saturated rings. The molecule has 1 rings (SSSR count). The molecule has 0 radical (unpaired) electrons. The first-order chi connectivity index (χ1) is 13.6. The van der Waals surface area contributed by atoms with Crippen LogP contribution in [0.1, 0.15) is 90.5 Å². The fraction of sp³-hybridized carbons (Fsp3) is 0.708. The van der Waals surface area contributed by atoms with Crippen LogP contribution >= 0.6 is 0 Å². The summed E-state index contributed by atoms with van der Waals surface area (Å²) in [6, 6.07) is 6.13. The predicted molar refractivity (Wildman–Crippen MR) is 124 cm³/mol. The van der Waals surface area contributed by atoms with Gasteiger partial charge in [-0.05, 0) is 51.0 Å². The van der Waals surface area contributed by atoms with E-state index in [0.717, 1.165) is 37.3 Å². The van der Waals surface area contributed by atoms with Gasteiger partial charge in [0.15, 0.2) is 0 Å². The summed E-state index contributed by atoms with van der Waals surface area (Å²) in [5, 5.41) is 5.96. The van der Waals surface area contributed by atoms with Crippen molar-refractivity contribution in [2.24, 2.45) is 0 Å². The third-order valence-corrected chi connectivity index (χ3v) is 5.40. The van der Waals surface area contributed by atoms with E-state index in [1.165, 1.54) is 63.5 Å². The summed E-state index contributed by atoms with van der Waals surface area (Å²) in [4.78, 5) is 14.4. The summed E-state index contributed by atoms with van der Waals surface area (Å²) in [5.74, 6) is 0. The van der Waals surface area contributed by atoms with Crippen molar-refractivity contribution in [2.75, 3.05) is 29.9 Å². The number of rotatable bonds is 15. The van der Waals surface area contributed by atoms with Gasteiger partial charge < -0.3 is 15.5 Å². The maximum atomic E-state index is 12.1. The van der Waals surface area contributed by atoms with Crippen LogP contribution in [-0.2, 0) is 0 Å². The van der Waals surface area contributed by atoms with E-state index >= 15 is 0 Å². The minimum Gasteiger partial charge on any atom is -0.372 e. The predicted octanol–water partition coefficient (Wildman–Crippen LogP) is 6.88. The molecule has 0 atom stereocenters. The monoisotopic (exact) mass is 389 g/mol. The Morgan fingerprint density at radius 2 is 1.43 bits per heavy atom. The second-order valence-electron chi connectivity index (χ2n) is 7.73. The van der Waals surface area contributed by atoms with Crippen molar-refractivity contribution in [3.05, 3.63) is 23.8 Å². The molecule has 4 heteroatoms. The number of hydrogen-bond acceptors (Lipinski definition) is 2. The Hall–Kier alpha value is -1.71. The lowest BCUT2D eigenvalue weighted by atomic mass is 10.1. The Morgan fingerprint density at radius 3 is 1.96 bits per heavy atom. The molecule has 4 nitrogen and oxygen atoms in total. The Bertz CT molecular complexity index is 541. The van der Waals surface area contributed by atoms with E-state index in [4.69, 9.17) is 0 Å². The van der Waals surface area contributed by atoms with Crippen molar-refractivity contribution in [1.29, 1.82) is 0 Å². The van der Waals surface area contributed by atoms with Crippen LogP contribution in [0, 0.1) is 6.92 Å². The highest BCUT2D eigenvalue weighted by atomic mass is 16.2. The van der Waals surface area contributed by atoms with Gasteiger partial charge in [0.2, 0.25) is 0 Å². The number of nitrogens with zero attached hydrogens (tertiary/aromatic N) is 1. The van der Waals surface area contributed by atoms with Gasteiger partial charge in [-0.3, -0.25) is 0 Å². The van der Waals surface area contributed by atoms with E-state index in [1.54, 1.807) is 0 Å². The molecule has 0 aliphatic heterocycles. The fourth-order valence-corrected chi connectivity index (χ4v) is 3.55. The molecule has 2 amide bonds. The van der Waals surface area contributed by atoms with Gasteiger partial charge in [-0.15, -0.1) is 0 Å². The van der Waals surface area contributed by atoms with Crippen LogP contribution in [-0.4, -0.2) is 25.7 Å². The van der Waals surface area contributed by atoms with Crippen molar-refractivity contribution in [2.45, 2.75) is 91.9 Å². The van der Waals surface area contributed by atoms with Crippen molar-refractivity contribution in [1.82, 2.24) is 5.32 Å². The maximum absolute atomic E-state index is 12.1. The lowest BCUT2D eigenvalue weighted by molar-refractivity contribution is 0.252. The summed E-state index contributed by atoms with van der Waals surface area (Å²) >= 11 is 0. The Kier molecular flexibility index (Phi) is 13.2. The smallest absolute Gasteiger partial charge is 0.319 e. The summed E-state index contributed by atoms with van der Waals surface area (Å²) in [5.41, 5.74) is 3.19. The molecular weight excluding hydrogens is 346 g/mol. The van der Waals surface area contributed by atoms with Gasteiger partial charge in [0.1, 0.15) is 0 Å². The lowest BCUT2D eigenvalue weighted by Crippen LogP contribution is -2.29. The van der Waals surface area contributed by atoms with Crippen LogP contribution in [0.3, 0.4) is 0 Å². The molecule has 28 heavy (non-hydrogen) atoms. The van der Waals surface area contributed by atoms with Gasteiger partial charge in [-0.1, -0.05) is 64.7 Å². The largest absolute Gasteiger partial charge is 0.372 e. The number of carbonyl (C=O) groups excluding carboxylic acids is 1. The van der Waals surface area contributed by atoms with Gasteiger partial charge in [0, 0.05) is 31.0 Å². The number of anilines is 2. The highest BCUT2D eigenvalue weighted by Crippen LogP contribution is 2.22. The molecule has 0 unspecified atom stereocenters. The average Bonchev–Trinajstić information content (AvgIpc) is 2.69. The number of carbonyl (C=O) groups is 1. The minimum atomic E-state index is -0.102. The highest BCUT2D eigenvalue weighted by Gasteiger charge is 2.07. The molecule has 1 aromatic carbocycles. The molecule has 0 saturated carbocycles. The number of benzene rings is 1. The molecule has 0 spiro atoms. The molecule has 160 valence electrons. The summed E-state index contributed by atoms with van der Waals surface area (Å²) in [6.07, 6.45) is 13.1. The van der Waals surface area contributed by atoms with Crippen LogP contribution in [0.5, 0.6) is 0 Å². The first kappa shape index (κ1) is 24.3. The summed E-state index contributed by atoms with van der Waals surface area (Å²) < 4.78 is 0. The van der Waals surface area contributed by atoms with Crippen LogP contribution in [0.2, 0.25) is 0 Å². The fourth-order valence-electron chi connectivity index (χ4n) is 3.55. The second-order valence-corrected chi connectivity index (χ2v) is 7.73. The first-order valence-corrected chi connectivity index (χ1v) is 11.5. The number of amides is 2. The lowest BCUT2D eigenvalue weighted by Gasteiger charge is -2.22. The molecule has 0 aromatic heterocycles. The normalized spacial score (nSPS) is 10.7. The number of unbranched alkanes of at least 4 members (excludes halogenated alkanes) is 9. The van der Waals surface area contributed by atoms with E-state index < -0.39 is 0 Å². The van der Waals surface area contributed by atoms with Crippen LogP contribution in [0.4, 0.5) is 16.2 Å². The zero-order chi connectivity index (χ0) is 20.6. The quantitative estimate of drug-likeness (QED) is 0.321. The first-order valence-electron chi connectivity index (χ1n) is 11.5. The summed E-state index contributed by atoms with van der Waals surface area (Å²) in [7, 11) is 0. The van der Waals surface area contributed by atoms with Gasteiger partial charge in [-0.2, -0.15) is 0 Å². The van der Waals surface area contributed by atoms with Gasteiger partial charge in [0.25, 0.3) is 0 Å². The second kappa shape index (κ2) is 15.2. The highest BCUT2D eigenvalue weighted by molar-refractivity contribution is 5.90. The van der Waals surface area contributed by atoms with Crippen LogP contribution in [0.25, 0.3) is 0 Å². The van der Waals surface area contributed by atoms with Crippen molar-refractivity contribution < 1.29 is 4.79 Å². The van der Waals surface area contributed by atoms with Crippen LogP contribution < -0.4 is 15.5 Å². The Balaban J connectivity index is 2.15. The molecule has 1 aromatic rings. The minimum absolute atomic E-state index is 0.102. The topological polar surface area (TPSA) is 44.4 Å². The molecule has 0 heterocycles. The maximum Gasteiger partial charge on any atom is 0.319 e. The number of urea groups is 1. The molecular formula is C24H43N3O. The average molecular weight is 390 g/mol. The van der Waals surface area contributed by atoms with E-state index in [9.17, 15) is 4.79 Å². The van der Waals surface area contributed by atoms with Gasteiger partial charge in [-0.25, -0.2) is 4.79 Å². The van der Waals surface area contributed by atoms with Crippen molar-refractivity contribution in [3.63, 3.8) is 0 Å².